The highest BCUT2D eigenvalue weighted by Crippen LogP contribution is 2.32. The summed E-state index contributed by atoms with van der Waals surface area (Å²) in [6.45, 7) is 6.67. The second-order valence-corrected chi connectivity index (χ2v) is 8.11. The average Bonchev–Trinajstić information content (AvgIpc) is 2.42. The molecule has 4 nitrogen and oxygen atoms in total. The molecular formula is C17H32N2O2. The lowest BCUT2D eigenvalue weighted by Gasteiger charge is -2.40. The van der Waals surface area contributed by atoms with Crippen molar-refractivity contribution in [3.05, 3.63) is 0 Å². The number of aliphatic hydroxyl groups excluding tert-OH is 1. The zero-order valence-corrected chi connectivity index (χ0v) is 13.8. The van der Waals surface area contributed by atoms with Gasteiger partial charge in [0.1, 0.15) is 0 Å². The van der Waals surface area contributed by atoms with Crippen molar-refractivity contribution >= 4 is 5.91 Å². The van der Waals surface area contributed by atoms with Gasteiger partial charge in [0.15, 0.2) is 0 Å². The Morgan fingerprint density at radius 3 is 2.67 bits per heavy atom. The molecule has 1 aliphatic heterocycles. The lowest BCUT2D eigenvalue weighted by atomic mass is 9.77. The van der Waals surface area contributed by atoms with Crippen molar-refractivity contribution in [1.29, 1.82) is 0 Å². The summed E-state index contributed by atoms with van der Waals surface area (Å²) >= 11 is 0. The quantitative estimate of drug-likeness (QED) is 0.745. The van der Waals surface area contributed by atoms with E-state index in [4.69, 9.17) is 0 Å². The SMILES string of the molecule is CC(C)(C)CC(O)CNC(=O)C1CCC2CCCCC2N1. The van der Waals surface area contributed by atoms with E-state index in [0.29, 0.717) is 19.0 Å². The summed E-state index contributed by atoms with van der Waals surface area (Å²) in [7, 11) is 0. The minimum atomic E-state index is -0.458. The van der Waals surface area contributed by atoms with Crippen molar-refractivity contribution in [1.82, 2.24) is 10.6 Å². The van der Waals surface area contributed by atoms with Gasteiger partial charge in [-0.15, -0.1) is 0 Å². The number of amides is 1. The highest BCUT2D eigenvalue weighted by molar-refractivity contribution is 5.81. The summed E-state index contributed by atoms with van der Waals surface area (Å²) in [5, 5.41) is 16.4. The van der Waals surface area contributed by atoms with Crippen molar-refractivity contribution in [3.8, 4) is 0 Å². The number of hydrogen-bond donors (Lipinski definition) is 3. The Kier molecular flexibility index (Phi) is 5.67. The molecule has 2 aliphatic rings. The van der Waals surface area contributed by atoms with Crippen LogP contribution in [0.15, 0.2) is 0 Å². The van der Waals surface area contributed by atoms with Gasteiger partial charge in [0.05, 0.1) is 12.1 Å². The predicted molar refractivity (Wildman–Crippen MR) is 85.0 cm³/mol. The van der Waals surface area contributed by atoms with Crippen LogP contribution in [-0.2, 0) is 4.79 Å². The number of hydrogen-bond acceptors (Lipinski definition) is 3. The van der Waals surface area contributed by atoms with Gasteiger partial charge in [0.25, 0.3) is 0 Å². The molecule has 1 saturated carbocycles. The molecule has 2 fully saturated rings. The van der Waals surface area contributed by atoms with Gasteiger partial charge < -0.3 is 15.7 Å². The van der Waals surface area contributed by atoms with Gasteiger partial charge >= 0.3 is 0 Å². The van der Waals surface area contributed by atoms with Gasteiger partial charge in [-0.05, 0) is 43.4 Å². The van der Waals surface area contributed by atoms with E-state index in [1.165, 1.54) is 32.1 Å². The third kappa shape index (κ3) is 5.26. The van der Waals surface area contributed by atoms with E-state index < -0.39 is 6.10 Å². The van der Waals surface area contributed by atoms with Gasteiger partial charge in [0, 0.05) is 12.6 Å². The van der Waals surface area contributed by atoms with E-state index >= 15 is 0 Å². The van der Waals surface area contributed by atoms with E-state index in [0.717, 1.165) is 12.3 Å². The number of rotatable bonds is 4. The molecule has 4 unspecified atom stereocenters. The Balaban J connectivity index is 1.73. The summed E-state index contributed by atoms with van der Waals surface area (Å²) in [6.07, 6.45) is 7.50. The molecule has 21 heavy (non-hydrogen) atoms. The van der Waals surface area contributed by atoms with Crippen LogP contribution in [-0.4, -0.2) is 35.7 Å². The number of fused-ring (bicyclic) bond motifs is 1. The second-order valence-electron chi connectivity index (χ2n) is 8.11. The summed E-state index contributed by atoms with van der Waals surface area (Å²) in [5.74, 6) is 0.835. The molecule has 0 radical (unpaired) electrons. The number of carbonyl (C=O) groups excluding carboxylic acids is 1. The molecule has 1 saturated heterocycles. The van der Waals surface area contributed by atoms with Gasteiger partial charge in [0.2, 0.25) is 5.91 Å². The molecule has 0 spiro atoms. The largest absolute Gasteiger partial charge is 0.391 e. The maximum absolute atomic E-state index is 12.3. The molecule has 0 aromatic rings. The van der Waals surface area contributed by atoms with Crippen molar-refractivity contribution in [3.63, 3.8) is 0 Å². The third-order valence-corrected chi connectivity index (χ3v) is 4.83. The fourth-order valence-electron chi connectivity index (χ4n) is 3.82. The first-order valence-electron chi connectivity index (χ1n) is 8.57. The Morgan fingerprint density at radius 2 is 1.95 bits per heavy atom. The van der Waals surface area contributed by atoms with Gasteiger partial charge in [-0.25, -0.2) is 0 Å². The van der Waals surface area contributed by atoms with Crippen LogP contribution < -0.4 is 10.6 Å². The number of piperidine rings is 1. The van der Waals surface area contributed by atoms with Crippen molar-refractivity contribution in [2.24, 2.45) is 11.3 Å². The molecule has 3 N–H and O–H groups in total. The lowest BCUT2D eigenvalue weighted by molar-refractivity contribution is -0.125. The Morgan fingerprint density at radius 1 is 1.24 bits per heavy atom. The fraction of sp³-hybridized carbons (Fsp3) is 0.941. The van der Waals surface area contributed by atoms with Crippen molar-refractivity contribution in [2.75, 3.05) is 6.54 Å². The molecule has 1 amide bonds. The zero-order valence-electron chi connectivity index (χ0n) is 13.8. The number of nitrogens with one attached hydrogen (secondary N) is 2. The molecule has 4 heteroatoms. The zero-order chi connectivity index (χ0) is 15.5. The molecule has 0 bridgehead atoms. The lowest BCUT2D eigenvalue weighted by Crippen LogP contribution is -2.55. The molecule has 0 aromatic heterocycles. The minimum absolute atomic E-state index is 0.0620. The topological polar surface area (TPSA) is 61.4 Å². The summed E-state index contributed by atoms with van der Waals surface area (Å²) < 4.78 is 0. The molecule has 2 rings (SSSR count). The highest BCUT2D eigenvalue weighted by atomic mass is 16.3. The predicted octanol–water partition coefficient (Wildman–Crippen LogP) is 2.21. The minimum Gasteiger partial charge on any atom is -0.391 e. The maximum atomic E-state index is 12.3. The standard InChI is InChI=1S/C17H32N2O2/c1-17(2,3)10-13(20)11-18-16(21)15-9-8-12-6-4-5-7-14(12)19-15/h12-15,19-20H,4-11H2,1-3H3,(H,18,21). The van der Waals surface area contributed by atoms with Gasteiger partial charge in [-0.3, -0.25) is 4.79 Å². The molecule has 4 atom stereocenters. The fourth-order valence-corrected chi connectivity index (χ4v) is 3.82. The maximum Gasteiger partial charge on any atom is 0.237 e. The monoisotopic (exact) mass is 296 g/mol. The molecule has 0 aromatic carbocycles. The number of aliphatic hydroxyl groups is 1. The molecule has 1 aliphatic carbocycles. The molecule has 122 valence electrons. The van der Waals surface area contributed by atoms with Crippen LogP contribution in [0.3, 0.4) is 0 Å². The van der Waals surface area contributed by atoms with Crippen LogP contribution in [0, 0.1) is 11.3 Å². The number of carbonyl (C=O) groups is 1. The van der Waals surface area contributed by atoms with E-state index in [9.17, 15) is 9.90 Å². The average molecular weight is 296 g/mol. The third-order valence-electron chi connectivity index (χ3n) is 4.83. The van der Waals surface area contributed by atoms with E-state index in [1.54, 1.807) is 0 Å². The van der Waals surface area contributed by atoms with Crippen LogP contribution in [0.4, 0.5) is 0 Å². The van der Waals surface area contributed by atoms with Crippen LogP contribution in [0.25, 0.3) is 0 Å². The van der Waals surface area contributed by atoms with Crippen molar-refractivity contribution < 1.29 is 9.90 Å². The van der Waals surface area contributed by atoms with Crippen LogP contribution in [0.1, 0.15) is 65.7 Å². The van der Waals surface area contributed by atoms with Gasteiger partial charge in [-0.1, -0.05) is 33.6 Å². The van der Waals surface area contributed by atoms with E-state index in [1.807, 2.05) is 0 Å². The summed E-state index contributed by atoms with van der Waals surface area (Å²) in [5.41, 5.74) is 0.0859. The highest BCUT2D eigenvalue weighted by Gasteiger charge is 2.34. The first kappa shape index (κ1) is 16.8. The van der Waals surface area contributed by atoms with Gasteiger partial charge in [-0.2, -0.15) is 0 Å². The first-order chi connectivity index (χ1) is 9.85. The van der Waals surface area contributed by atoms with E-state index in [-0.39, 0.29) is 17.4 Å². The smallest absolute Gasteiger partial charge is 0.237 e. The van der Waals surface area contributed by atoms with Crippen LogP contribution >= 0.6 is 0 Å². The van der Waals surface area contributed by atoms with Crippen LogP contribution in [0.2, 0.25) is 0 Å². The van der Waals surface area contributed by atoms with Crippen LogP contribution in [0.5, 0.6) is 0 Å². The first-order valence-corrected chi connectivity index (χ1v) is 8.57. The van der Waals surface area contributed by atoms with Crippen molar-refractivity contribution in [2.45, 2.75) is 83.9 Å². The van der Waals surface area contributed by atoms with E-state index in [2.05, 4.69) is 31.4 Å². The Labute approximate surface area is 129 Å². The summed E-state index contributed by atoms with van der Waals surface area (Å²) in [4.78, 5) is 12.3. The molecular weight excluding hydrogens is 264 g/mol. The summed E-state index contributed by atoms with van der Waals surface area (Å²) in [6, 6.07) is 0.467. The Hall–Kier alpha value is -0.610. The second kappa shape index (κ2) is 7.10. The molecule has 1 heterocycles. The Bertz CT molecular complexity index is 351. The normalized spacial score (nSPS) is 31.3.